The second kappa shape index (κ2) is 4.41. The Morgan fingerprint density at radius 2 is 2.47 bits per heavy atom. The minimum Gasteiger partial charge on any atom is -0.464 e. The number of aromatic amines is 1. The maximum Gasteiger partial charge on any atom is 0.361 e. The largest absolute Gasteiger partial charge is 0.464 e. The molecule has 0 amide bonds. The van der Waals surface area contributed by atoms with Crippen molar-refractivity contribution in [3.63, 3.8) is 0 Å². The average Bonchev–Trinajstić information content (AvgIpc) is 2.61. The van der Waals surface area contributed by atoms with Gasteiger partial charge in [-0.05, 0) is 0 Å². The van der Waals surface area contributed by atoms with Gasteiger partial charge >= 0.3 is 11.7 Å². The van der Waals surface area contributed by atoms with E-state index in [1.807, 2.05) is 0 Å². The van der Waals surface area contributed by atoms with Gasteiger partial charge in [-0.2, -0.15) is 0 Å². The van der Waals surface area contributed by atoms with Gasteiger partial charge in [0.1, 0.15) is 0 Å². The molecule has 15 heavy (non-hydrogen) atoms. The second-order valence-electron chi connectivity index (χ2n) is 2.80. The van der Waals surface area contributed by atoms with Crippen LogP contribution in [0.25, 0.3) is 0 Å². The number of nitrogens with one attached hydrogen (secondary N) is 1. The van der Waals surface area contributed by atoms with Crippen LogP contribution in [0, 0.1) is 10.1 Å². The molecule has 0 spiro atoms. The number of carbonyl (C=O) groups is 1. The van der Waals surface area contributed by atoms with Gasteiger partial charge in [-0.3, -0.25) is 10.1 Å². The number of esters is 1. The molecule has 0 atom stereocenters. The molecule has 0 radical (unpaired) electrons. The summed E-state index contributed by atoms with van der Waals surface area (Å²) in [5.74, 6) is -0.753. The minimum absolute atomic E-state index is 0.139. The molecule has 0 aliphatic rings. The number of aromatic nitrogens is 1. The molecule has 1 aromatic heterocycles. The Kier molecular flexibility index (Phi) is 3.22. The summed E-state index contributed by atoms with van der Waals surface area (Å²) in [6.07, 6.45) is 2.01. The standard InChI is InChI=1S/C9H10N2O4/c1-3-4-6-5-7(11(13)14)8(10-6)9(12)15-2/h3,5,10H,1,4H2,2H3. The fourth-order valence-electron chi connectivity index (χ4n) is 1.16. The number of rotatable bonds is 4. The van der Waals surface area contributed by atoms with E-state index >= 15 is 0 Å². The molecular weight excluding hydrogens is 200 g/mol. The molecule has 0 bridgehead atoms. The minimum atomic E-state index is -0.753. The van der Waals surface area contributed by atoms with Crippen molar-refractivity contribution in [1.29, 1.82) is 0 Å². The normalized spacial score (nSPS) is 9.67. The number of allylic oxidation sites excluding steroid dienone is 1. The Bertz CT molecular complexity index is 408. The third-order valence-electron chi connectivity index (χ3n) is 1.80. The molecule has 80 valence electrons. The van der Waals surface area contributed by atoms with E-state index in [1.54, 1.807) is 6.08 Å². The van der Waals surface area contributed by atoms with Gasteiger partial charge in [0.15, 0.2) is 0 Å². The van der Waals surface area contributed by atoms with Gasteiger partial charge in [-0.25, -0.2) is 4.79 Å². The van der Waals surface area contributed by atoms with Crippen molar-refractivity contribution in [3.05, 3.63) is 40.2 Å². The fraction of sp³-hybridized carbons (Fsp3) is 0.222. The average molecular weight is 210 g/mol. The predicted molar refractivity (Wildman–Crippen MR) is 52.7 cm³/mol. The van der Waals surface area contributed by atoms with Crippen molar-refractivity contribution >= 4 is 11.7 Å². The summed E-state index contributed by atoms with van der Waals surface area (Å²) < 4.78 is 4.42. The number of H-pyrrole nitrogens is 1. The summed E-state index contributed by atoms with van der Waals surface area (Å²) in [5.41, 5.74) is 0.134. The number of nitro groups is 1. The molecule has 0 aliphatic carbocycles. The first-order valence-electron chi connectivity index (χ1n) is 4.15. The van der Waals surface area contributed by atoms with Crippen molar-refractivity contribution < 1.29 is 14.5 Å². The van der Waals surface area contributed by atoms with Gasteiger partial charge in [-0.15, -0.1) is 6.58 Å². The van der Waals surface area contributed by atoms with E-state index < -0.39 is 10.9 Å². The van der Waals surface area contributed by atoms with Gasteiger partial charge in [0.05, 0.1) is 12.0 Å². The topological polar surface area (TPSA) is 85.2 Å². The molecule has 1 aromatic rings. The highest BCUT2D eigenvalue weighted by Gasteiger charge is 2.24. The SMILES string of the molecule is C=CCc1cc([N+](=O)[O-])c(C(=O)OC)[nH]1. The van der Waals surface area contributed by atoms with Crippen molar-refractivity contribution in [1.82, 2.24) is 4.98 Å². The zero-order valence-corrected chi connectivity index (χ0v) is 8.15. The van der Waals surface area contributed by atoms with Gasteiger partial charge in [0.25, 0.3) is 0 Å². The number of nitrogens with zero attached hydrogens (tertiary/aromatic N) is 1. The van der Waals surface area contributed by atoms with Gasteiger partial charge in [0.2, 0.25) is 5.69 Å². The van der Waals surface area contributed by atoms with Crippen LogP contribution in [0.4, 0.5) is 5.69 Å². The zero-order valence-electron chi connectivity index (χ0n) is 8.15. The number of carbonyl (C=O) groups excluding carboxylic acids is 1. The quantitative estimate of drug-likeness (QED) is 0.352. The van der Waals surface area contributed by atoms with Crippen molar-refractivity contribution in [2.75, 3.05) is 7.11 Å². The molecule has 6 nitrogen and oxygen atoms in total. The van der Waals surface area contributed by atoms with Crippen molar-refractivity contribution in [2.45, 2.75) is 6.42 Å². The first kappa shape index (κ1) is 11.0. The lowest BCUT2D eigenvalue weighted by Gasteiger charge is -1.94. The van der Waals surface area contributed by atoms with Gasteiger partial charge in [-0.1, -0.05) is 6.08 Å². The van der Waals surface area contributed by atoms with Crippen LogP contribution in [0.1, 0.15) is 16.2 Å². The van der Waals surface area contributed by atoms with E-state index in [2.05, 4.69) is 16.3 Å². The summed E-state index contributed by atoms with van der Waals surface area (Å²) in [5, 5.41) is 10.6. The Morgan fingerprint density at radius 1 is 1.80 bits per heavy atom. The first-order valence-corrected chi connectivity index (χ1v) is 4.15. The van der Waals surface area contributed by atoms with Gasteiger partial charge < -0.3 is 9.72 Å². The van der Waals surface area contributed by atoms with Crippen LogP contribution in [0.2, 0.25) is 0 Å². The van der Waals surface area contributed by atoms with Crippen LogP contribution in [-0.4, -0.2) is 23.0 Å². The van der Waals surface area contributed by atoms with Crippen LogP contribution in [0.3, 0.4) is 0 Å². The first-order chi connectivity index (χ1) is 7.10. The predicted octanol–water partition coefficient (Wildman–Crippen LogP) is 1.44. The smallest absolute Gasteiger partial charge is 0.361 e. The Balaban J connectivity index is 3.16. The molecule has 0 aromatic carbocycles. The van der Waals surface area contributed by atoms with Crippen molar-refractivity contribution in [2.24, 2.45) is 0 Å². The van der Waals surface area contributed by atoms with E-state index in [1.165, 1.54) is 13.2 Å². The van der Waals surface area contributed by atoms with Crippen LogP contribution < -0.4 is 0 Å². The summed E-state index contributed by atoms with van der Waals surface area (Å²) >= 11 is 0. The van der Waals surface area contributed by atoms with Crippen LogP contribution in [0.15, 0.2) is 18.7 Å². The Hall–Kier alpha value is -2.11. The lowest BCUT2D eigenvalue weighted by Crippen LogP contribution is -2.04. The third-order valence-corrected chi connectivity index (χ3v) is 1.80. The molecule has 0 fully saturated rings. The number of hydrogen-bond acceptors (Lipinski definition) is 4. The van der Waals surface area contributed by atoms with Gasteiger partial charge in [0, 0.05) is 18.2 Å². The third kappa shape index (κ3) is 2.22. The molecule has 1 N–H and O–H groups in total. The summed E-state index contributed by atoms with van der Waals surface area (Å²) in [6.45, 7) is 3.50. The molecule has 1 heterocycles. The molecular formula is C9H10N2O4. The zero-order chi connectivity index (χ0) is 11.4. The summed E-state index contributed by atoms with van der Waals surface area (Å²) in [6, 6.07) is 1.30. The lowest BCUT2D eigenvalue weighted by molar-refractivity contribution is -0.385. The van der Waals surface area contributed by atoms with E-state index in [0.717, 1.165) is 0 Å². The molecule has 0 unspecified atom stereocenters. The van der Waals surface area contributed by atoms with Crippen molar-refractivity contribution in [3.8, 4) is 0 Å². The van der Waals surface area contributed by atoms with E-state index in [4.69, 9.17) is 0 Å². The van der Waals surface area contributed by atoms with Crippen LogP contribution in [0.5, 0.6) is 0 Å². The highest BCUT2D eigenvalue weighted by Crippen LogP contribution is 2.20. The molecule has 0 aliphatic heterocycles. The number of methoxy groups -OCH3 is 1. The van der Waals surface area contributed by atoms with E-state index in [0.29, 0.717) is 12.1 Å². The number of hydrogen-bond donors (Lipinski definition) is 1. The Labute approximate surface area is 85.7 Å². The maximum absolute atomic E-state index is 11.2. The maximum atomic E-state index is 11.2. The summed E-state index contributed by atoms with van der Waals surface area (Å²) in [4.78, 5) is 23.8. The monoisotopic (exact) mass is 210 g/mol. The summed E-state index contributed by atoms with van der Waals surface area (Å²) in [7, 11) is 1.17. The van der Waals surface area contributed by atoms with E-state index in [-0.39, 0.29) is 11.4 Å². The van der Waals surface area contributed by atoms with Crippen LogP contribution >= 0.6 is 0 Å². The molecule has 6 heteroatoms. The Morgan fingerprint density at radius 3 is 2.93 bits per heavy atom. The van der Waals surface area contributed by atoms with E-state index in [9.17, 15) is 14.9 Å². The fourth-order valence-corrected chi connectivity index (χ4v) is 1.16. The van der Waals surface area contributed by atoms with Crippen LogP contribution in [-0.2, 0) is 11.2 Å². The number of ether oxygens (including phenoxy) is 1. The second-order valence-corrected chi connectivity index (χ2v) is 2.80. The lowest BCUT2D eigenvalue weighted by atomic mass is 10.3. The highest BCUT2D eigenvalue weighted by atomic mass is 16.6. The highest BCUT2D eigenvalue weighted by molar-refractivity contribution is 5.92. The molecule has 0 saturated carbocycles. The molecule has 1 rings (SSSR count). The molecule has 0 saturated heterocycles.